The quantitative estimate of drug-likeness (QED) is 0.711. The van der Waals surface area contributed by atoms with Crippen molar-refractivity contribution in [2.45, 2.75) is 0 Å². The average molecular weight is 214 g/mol. The van der Waals surface area contributed by atoms with Crippen molar-refractivity contribution in [2.75, 3.05) is 11.8 Å². The topological polar surface area (TPSA) is 75.3 Å². The molecule has 6 heteroatoms. The van der Waals surface area contributed by atoms with Gasteiger partial charge in [-0.1, -0.05) is 0 Å². The van der Waals surface area contributed by atoms with Crippen molar-refractivity contribution in [3.8, 4) is 0 Å². The molecule has 5 nitrogen and oxygen atoms in total. The predicted molar refractivity (Wildman–Crippen MR) is 53.4 cm³/mol. The number of hydrogen-bond acceptors (Lipinski definition) is 3. The maximum absolute atomic E-state index is 11.0. The van der Waals surface area contributed by atoms with Crippen LogP contribution in [-0.2, 0) is 10.2 Å². The zero-order chi connectivity index (χ0) is 10.6. The van der Waals surface area contributed by atoms with Gasteiger partial charge in [0.2, 0.25) is 0 Å². The first-order valence-electron chi connectivity index (χ1n) is 3.84. The van der Waals surface area contributed by atoms with Gasteiger partial charge in [-0.15, -0.1) is 0 Å². The van der Waals surface area contributed by atoms with Crippen LogP contribution < -0.4 is 9.44 Å². The first-order valence-corrected chi connectivity index (χ1v) is 5.32. The van der Waals surface area contributed by atoms with Crippen LogP contribution in [0.5, 0.6) is 0 Å². The third kappa shape index (κ3) is 2.82. The fraction of sp³-hybridized carbons (Fsp3) is 0.125. The molecule has 0 heterocycles. The summed E-state index contributed by atoms with van der Waals surface area (Å²) in [6, 6.07) is 6.08. The molecule has 2 N–H and O–H groups in total. The summed E-state index contributed by atoms with van der Waals surface area (Å²) in [4.78, 5) is 10.3. The number of carbonyl (C=O) groups excluding carboxylic acids is 1. The lowest BCUT2D eigenvalue weighted by molar-refractivity contribution is 0.112. The Morgan fingerprint density at radius 3 is 2.21 bits per heavy atom. The SMILES string of the molecule is CNS(=O)(=O)Nc1ccc(C=O)cc1. The van der Waals surface area contributed by atoms with E-state index in [0.29, 0.717) is 17.5 Å². The number of nitrogens with one attached hydrogen (secondary N) is 2. The number of benzene rings is 1. The van der Waals surface area contributed by atoms with E-state index in [2.05, 4.69) is 9.44 Å². The number of aldehydes is 1. The van der Waals surface area contributed by atoms with E-state index in [0.717, 1.165) is 0 Å². The van der Waals surface area contributed by atoms with E-state index in [1.54, 1.807) is 0 Å². The van der Waals surface area contributed by atoms with E-state index in [1.807, 2.05) is 0 Å². The summed E-state index contributed by atoms with van der Waals surface area (Å²) in [5, 5.41) is 0. The van der Waals surface area contributed by atoms with E-state index >= 15 is 0 Å². The van der Waals surface area contributed by atoms with E-state index < -0.39 is 10.2 Å². The van der Waals surface area contributed by atoms with Crippen molar-refractivity contribution in [1.82, 2.24) is 4.72 Å². The maximum atomic E-state index is 11.0. The summed E-state index contributed by atoms with van der Waals surface area (Å²) in [7, 11) is -2.17. The summed E-state index contributed by atoms with van der Waals surface area (Å²) in [6.07, 6.45) is 0.691. The molecule has 1 rings (SSSR count). The van der Waals surface area contributed by atoms with E-state index in [4.69, 9.17) is 0 Å². The van der Waals surface area contributed by atoms with Crippen LogP contribution in [0.15, 0.2) is 24.3 Å². The molecule has 0 bridgehead atoms. The van der Waals surface area contributed by atoms with Gasteiger partial charge >= 0.3 is 0 Å². The second kappa shape index (κ2) is 4.21. The molecule has 14 heavy (non-hydrogen) atoms. The molecule has 0 fully saturated rings. The first-order chi connectivity index (χ1) is 6.57. The lowest BCUT2D eigenvalue weighted by Crippen LogP contribution is -2.26. The Kier molecular flexibility index (Phi) is 3.21. The Hall–Kier alpha value is -1.40. The van der Waals surface area contributed by atoms with Gasteiger partial charge in [0.05, 0.1) is 0 Å². The Bertz CT molecular complexity index is 411. The van der Waals surface area contributed by atoms with Crippen LogP contribution >= 0.6 is 0 Å². The van der Waals surface area contributed by atoms with Gasteiger partial charge in [-0.25, -0.2) is 4.72 Å². The molecule has 0 radical (unpaired) electrons. The van der Waals surface area contributed by atoms with Crippen molar-refractivity contribution < 1.29 is 13.2 Å². The molecule has 0 aromatic heterocycles. The highest BCUT2D eigenvalue weighted by atomic mass is 32.2. The van der Waals surface area contributed by atoms with Crippen LogP contribution in [0.4, 0.5) is 5.69 Å². The third-order valence-electron chi connectivity index (χ3n) is 1.57. The smallest absolute Gasteiger partial charge is 0.298 e. The van der Waals surface area contributed by atoms with E-state index in [1.165, 1.54) is 31.3 Å². The minimum absolute atomic E-state index is 0.407. The fourth-order valence-electron chi connectivity index (χ4n) is 0.836. The van der Waals surface area contributed by atoms with Crippen molar-refractivity contribution in [3.05, 3.63) is 29.8 Å². The van der Waals surface area contributed by atoms with E-state index in [-0.39, 0.29) is 0 Å². The molecule has 0 aliphatic heterocycles. The zero-order valence-corrected chi connectivity index (χ0v) is 8.34. The van der Waals surface area contributed by atoms with Crippen molar-refractivity contribution in [1.29, 1.82) is 0 Å². The van der Waals surface area contributed by atoms with Crippen LogP contribution in [0.2, 0.25) is 0 Å². The molecule has 76 valence electrons. The van der Waals surface area contributed by atoms with Crippen LogP contribution in [0, 0.1) is 0 Å². The predicted octanol–water partition coefficient (Wildman–Crippen LogP) is 0.375. The molecule has 1 aromatic rings. The summed E-state index contributed by atoms with van der Waals surface area (Å²) in [5.74, 6) is 0. The van der Waals surface area contributed by atoms with Crippen LogP contribution in [-0.4, -0.2) is 21.8 Å². The molecule has 1 aromatic carbocycles. The van der Waals surface area contributed by atoms with Gasteiger partial charge in [-0.3, -0.25) is 9.52 Å². The molecule has 0 saturated heterocycles. The van der Waals surface area contributed by atoms with Gasteiger partial charge in [0.15, 0.2) is 0 Å². The minimum atomic E-state index is -3.48. The Morgan fingerprint density at radius 2 is 1.79 bits per heavy atom. The van der Waals surface area contributed by atoms with Gasteiger partial charge in [0.1, 0.15) is 6.29 Å². The lowest BCUT2D eigenvalue weighted by Gasteiger charge is -2.05. The van der Waals surface area contributed by atoms with Gasteiger partial charge < -0.3 is 0 Å². The molecule has 0 amide bonds. The van der Waals surface area contributed by atoms with Gasteiger partial charge in [0, 0.05) is 18.3 Å². The highest BCUT2D eigenvalue weighted by Gasteiger charge is 2.04. The standard InChI is InChI=1S/C8H10N2O3S/c1-9-14(12,13)10-8-4-2-7(6-11)3-5-8/h2-6,9-10H,1H3. The normalized spacial score (nSPS) is 10.9. The minimum Gasteiger partial charge on any atom is -0.298 e. The molecule has 0 saturated carbocycles. The molecule has 0 atom stereocenters. The molecule has 0 unspecified atom stereocenters. The highest BCUT2D eigenvalue weighted by Crippen LogP contribution is 2.08. The maximum Gasteiger partial charge on any atom is 0.298 e. The first kappa shape index (κ1) is 10.7. The van der Waals surface area contributed by atoms with Crippen molar-refractivity contribution >= 4 is 22.2 Å². The molecule has 0 aliphatic rings. The number of anilines is 1. The van der Waals surface area contributed by atoms with E-state index in [9.17, 15) is 13.2 Å². The molecular formula is C8H10N2O3S. The van der Waals surface area contributed by atoms with Crippen LogP contribution in [0.25, 0.3) is 0 Å². The number of hydrogen-bond donors (Lipinski definition) is 2. The molecular weight excluding hydrogens is 204 g/mol. The average Bonchev–Trinajstić information content (AvgIpc) is 2.19. The monoisotopic (exact) mass is 214 g/mol. The second-order valence-electron chi connectivity index (χ2n) is 2.55. The van der Waals surface area contributed by atoms with Crippen LogP contribution in [0.3, 0.4) is 0 Å². The summed E-state index contributed by atoms with van der Waals surface area (Å²) in [5.41, 5.74) is 0.905. The lowest BCUT2D eigenvalue weighted by atomic mass is 10.2. The molecule has 0 aliphatic carbocycles. The van der Waals surface area contributed by atoms with Crippen molar-refractivity contribution in [3.63, 3.8) is 0 Å². The summed E-state index contributed by atoms with van der Waals surface area (Å²) < 4.78 is 26.4. The summed E-state index contributed by atoms with van der Waals surface area (Å²) >= 11 is 0. The highest BCUT2D eigenvalue weighted by molar-refractivity contribution is 7.90. The molecule has 0 spiro atoms. The van der Waals surface area contributed by atoms with Crippen LogP contribution in [0.1, 0.15) is 10.4 Å². The van der Waals surface area contributed by atoms with Gasteiger partial charge in [-0.05, 0) is 24.3 Å². The Balaban J connectivity index is 2.84. The Morgan fingerprint density at radius 1 is 1.21 bits per heavy atom. The van der Waals surface area contributed by atoms with Gasteiger partial charge in [0.25, 0.3) is 10.2 Å². The van der Waals surface area contributed by atoms with Crippen molar-refractivity contribution in [2.24, 2.45) is 0 Å². The number of carbonyl (C=O) groups is 1. The number of rotatable bonds is 4. The zero-order valence-electron chi connectivity index (χ0n) is 7.52. The second-order valence-corrected chi connectivity index (χ2v) is 4.17. The largest absolute Gasteiger partial charge is 0.298 e. The fourth-order valence-corrected chi connectivity index (χ4v) is 1.38. The summed E-state index contributed by atoms with van der Waals surface area (Å²) in [6.45, 7) is 0. The third-order valence-corrected chi connectivity index (χ3v) is 2.61. The Labute approximate surface area is 82.3 Å². The van der Waals surface area contributed by atoms with Gasteiger partial charge in [-0.2, -0.15) is 8.42 Å².